The van der Waals surface area contributed by atoms with Crippen molar-refractivity contribution in [3.8, 4) is 11.1 Å². The molecule has 1 heterocycles. The summed E-state index contributed by atoms with van der Waals surface area (Å²) < 4.78 is 0. The summed E-state index contributed by atoms with van der Waals surface area (Å²) in [6.45, 7) is 2.14. The molecule has 0 aliphatic rings. The second-order valence-electron chi connectivity index (χ2n) is 4.93. The molecular formula is C16H21N3. The lowest BCUT2D eigenvalue weighted by atomic mass is 10.0. The Hall–Kier alpha value is -1.87. The van der Waals surface area contributed by atoms with E-state index in [1.165, 1.54) is 16.8 Å². The van der Waals surface area contributed by atoms with E-state index in [9.17, 15) is 0 Å². The molecule has 0 fully saturated rings. The molecule has 1 aromatic heterocycles. The Kier molecular flexibility index (Phi) is 4.17. The highest BCUT2D eigenvalue weighted by atomic mass is 15.1. The van der Waals surface area contributed by atoms with Gasteiger partial charge in [0.15, 0.2) is 0 Å². The predicted octanol–water partition coefficient (Wildman–Crippen LogP) is 3.10. The number of nitrogens with one attached hydrogen (secondary N) is 1. The third-order valence-corrected chi connectivity index (χ3v) is 3.39. The molecule has 0 saturated heterocycles. The van der Waals surface area contributed by atoms with Gasteiger partial charge in [-0.1, -0.05) is 18.2 Å². The van der Waals surface area contributed by atoms with E-state index in [1.54, 1.807) is 0 Å². The molecule has 1 atom stereocenters. The number of pyridine rings is 1. The SMILES string of the molecule is CNC(C)c1cncc(-c2ccccc2N(C)C)c1. The Labute approximate surface area is 115 Å². The number of hydrogen-bond acceptors (Lipinski definition) is 3. The topological polar surface area (TPSA) is 28.2 Å². The number of hydrogen-bond donors (Lipinski definition) is 1. The average Bonchev–Trinajstić information content (AvgIpc) is 2.46. The molecule has 0 aliphatic carbocycles. The summed E-state index contributed by atoms with van der Waals surface area (Å²) in [5.74, 6) is 0. The maximum Gasteiger partial charge on any atom is 0.0441 e. The molecule has 0 spiro atoms. The van der Waals surface area contributed by atoms with E-state index in [4.69, 9.17) is 0 Å². The van der Waals surface area contributed by atoms with Gasteiger partial charge in [-0.3, -0.25) is 4.98 Å². The number of anilines is 1. The smallest absolute Gasteiger partial charge is 0.0441 e. The van der Waals surface area contributed by atoms with Crippen LogP contribution in [-0.4, -0.2) is 26.1 Å². The molecule has 100 valence electrons. The lowest BCUT2D eigenvalue weighted by molar-refractivity contribution is 0.650. The van der Waals surface area contributed by atoms with Crippen LogP contribution in [0.1, 0.15) is 18.5 Å². The molecule has 1 aromatic carbocycles. The second-order valence-corrected chi connectivity index (χ2v) is 4.93. The van der Waals surface area contributed by atoms with Gasteiger partial charge in [0.1, 0.15) is 0 Å². The molecule has 3 nitrogen and oxygen atoms in total. The van der Waals surface area contributed by atoms with E-state index in [-0.39, 0.29) is 0 Å². The fourth-order valence-corrected chi connectivity index (χ4v) is 2.12. The summed E-state index contributed by atoms with van der Waals surface area (Å²) in [5, 5.41) is 3.25. The fraction of sp³-hybridized carbons (Fsp3) is 0.312. The van der Waals surface area contributed by atoms with E-state index >= 15 is 0 Å². The minimum absolute atomic E-state index is 0.305. The molecule has 0 bridgehead atoms. The maximum atomic E-state index is 4.37. The molecule has 19 heavy (non-hydrogen) atoms. The minimum Gasteiger partial charge on any atom is -0.377 e. The molecule has 2 aromatic rings. The quantitative estimate of drug-likeness (QED) is 0.910. The molecule has 0 amide bonds. The van der Waals surface area contributed by atoms with E-state index in [0.717, 1.165) is 5.56 Å². The highest BCUT2D eigenvalue weighted by Gasteiger charge is 2.09. The summed E-state index contributed by atoms with van der Waals surface area (Å²) in [5.41, 5.74) is 4.78. The van der Waals surface area contributed by atoms with Crippen molar-refractivity contribution in [1.82, 2.24) is 10.3 Å². The van der Waals surface area contributed by atoms with Crippen LogP contribution in [0.15, 0.2) is 42.7 Å². The third kappa shape index (κ3) is 2.93. The van der Waals surface area contributed by atoms with Gasteiger partial charge >= 0.3 is 0 Å². The Bertz CT molecular complexity index is 549. The van der Waals surface area contributed by atoms with Crippen LogP contribution in [-0.2, 0) is 0 Å². The normalized spacial score (nSPS) is 12.2. The number of nitrogens with zero attached hydrogens (tertiary/aromatic N) is 2. The summed E-state index contributed by atoms with van der Waals surface area (Å²) in [4.78, 5) is 6.50. The summed E-state index contributed by atoms with van der Waals surface area (Å²) >= 11 is 0. The van der Waals surface area contributed by atoms with Crippen molar-refractivity contribution < 1.29 is 0 Å². The van der Waals surface area contributed by atoms with Crippen molar-refractivity contribution in [3.63, 3.8) is 0 Å². The van der Waals surface area contributed by atoms with Gasteiger partial charge in [-0.15, -0.1) is 0 Å². The summed E-state index contributed by atoms with van der Waals surface area (Å²) in [6.07, 6.45) is 3.84. The first kappa shape index (κ1) is 13.6. The number of benzene rings is 1. The molecule has 3 heteroatoms. The lowest BCUT2D eigenvalue weighted by Crippen LogP contribution is -2.13. The first-order chi connectivity index (χ1) is 9.13. The average molecular weight is 255 g/mol. The van der Waals surface area contributed by atoms with E-state index in [0.29, 0.717) is 6.04 Å². The fourth-order valence-electron chi connectivity index (χ4n) is 2.12. The van der Waals surface area contributed by atoms with Crippen molar-refractivity contribution in [2.75, 3.05) is 26.0 Å². The van der Waals surface area contributed by atoms with E-state index in [2.05, 4.69) is 66.6 Å². The van der Waals surface area contributed by atoms with Gasteiger partial charge in [-0.2, -0.15) is 0 Å². The standard InChI is InChI=1S/C16H21N3/c1-12(17-2)13-9-14(11-18-10-13)15-7-5-6-8-16(15)19(3)4/h5-12,17H,1-4H3. The molecule has 1 N–H and O–H groups in total. The van der Waals surface area contributed by atoms with Crippen LogP contribution >= 0.6 is 0 Å². The Balaban J connectivity index is 2.48. The highest BCUT2D eigenvalue weighted by Crippen LogP contribution is 2.30. The third-order valence-electron chi connectivity index (χ3n) is 3.39. The number of rotatable bonds is 4. The van der Waals surface area contributed by atoms with Crippen LogP contribution in [0, 0.1) is 0 Å². The summed E-state index contributed by atoms with van der Waals surface area (Å²) in [6, 6.07) is 10.9. The number of para-hydroxylation sites is 1. The zero-order valence-corrected chi connectivity index (χ0v) is 12.0. The van der Waals surface area contributed by atoms with Crippen molar-refractivity contribution in [2.24, 2.45) is 0 Å². The lowest BCUT2D eigenvalue weighted by Gasteiger charge is -2.18. The van der Waals surface area contributed by atoms with Gasteiger partial charge in [-0.05, 0) is 31.7 Å². The zero-order chi connectivity index (χ0) is 13.8. The van der Waals surface area contributed by atoms with Crippen molar-refractivity contribution in [2.45, 2.75) is 13.0 Å². The van der Waals surface area contributed by atoms with Gasteiger partial charge in [0.2, 0.25) is 0 Å². The number of aromatic nitrogens is 1. The van der Waals surface area contributed by atoms with E-state index < -0.39 is 0 Å². The highest BCUT2D eigenvalue weighted by molar-refractivity contribution is 5.78. The van der Waals surface area contributed by atoms with Crippen LogP contribution in [0.5, 0.6) is 0 Å². The first-order valence-corrected chi connectivity index (χ1v) is 6.52. The van der Waals surface area contributed by atoms with Gasteiger partial charge in [0, 0.05) is 49.3 Å². The Morgan fingerprint density at radius 2 is 1.89 bits per heavy atom. The van der Waals surface area contributed by atoms with Crippen LogP contribution in [0.25, 0.3) is 11.1 Å². The molecule has 0 aliphatic heterocycles. The van der Waals surface area contributed by atoms with Gasteiger partial charge < -0.3 is 10.2 Å². The molecular weight excluding hydrogens is 234 g/mol. The van der Waals surface area contributed by atoms with Crippen molar-refractivity contribution >= 4 is 5.69 Å². The van der Waals surface area contributed by atoms with Crippen molar-refractivity contribution in [3.05, 3.63) is 48.3 Å². The maximum absolute atomic E-state index is 4.37. The largest absolute Gasteiger partial charge is 0.377 e. The second kappa shape index (κ2) is 5.85. The Morgan fingerprint density at radius 1 is 1.16 bits per heavy atom. The monoisotopic (exact) mass is 255 g/mol. The van der Waals surface area contributed by atoms with E-state index in [1.807, 2.05) is 19.4 Å². The predicted molar refractivity (Wildman–Crippen MR) is 81.5 cm³/mol. The molecule has 0 saturated carbocycles. The molecule has 0 radical (unpaired) electrons. The van der Waals surface area contributed by atoms with Crippen molar-refractivity contribution in [1.29, 1.82) is 0 Å². The van der Waals surface area contributed by atoms with Gasteiger partial charge in [0.05, 0.1) is 0 Å². The molecule has 2 rings (SSSR count). The van der Waals surface area contributed by atoms with Crippen LogP contribution in [0.3, 0.4) is 0 Å². The Morgan fingerprint density at radius 3 is 2.58 bits per heavy atom. The minimum atomic E-state index is 0.305. The van der Waals surface area contributed by atoms with Crippen LogP contribution in [0.2, 0.25) is 0 Å². The summed E-state index contributed by atoms with van der Waals surface area (Å²) in [7, 11) is 6.09. The molecule has 1 unspecified atom stereocenters. The first-order valence-electron chi connectivity index (χ1n) is 6.52. The van der Waals surface area contributed by atoms with Crippen LogP contribution < -0.4 is 10.2 Å². The van der Waals surface area contributed by atoms with Crippen LogP contribution in [0.4, 0.5) is 5.69 Å². The van der Waals surface area contributed by atoms with Gasteiger partial charge in [0.25, 0.3) is 0 Å². The van der Waals surface area contributed by atoms with Gasteiger partial charge in [-0.25, -0.2) is 0 Å². The zero-order valence-electron chi connectivity index (χ0n) is 12.0.